The van der Waals surface area contributed by atoms with Crippen LogP contribution in [0, 0.1) is 63.2 Å². The van der Waals surface area contributed by atoms with Crippen molar-refractivity contribution in [2.75, 3.05) is 0 Å². The summed E-state index contributed by atoms with van der Waals surface area (Å²) >= 11 is 0. The van der Waals surface area contributed by atoms with Crippen molar-refractivity contribution in [1.29, 1.82) is 0 Å². The molecule has 0 radical (unpaired) electrons. The highest BCUT2D eigenvalue weighted by molar-refractivity contribution is 5.50. The van der Waals surface area contributed by atoms with E-state index in [0.717, 1.165) is 35.5 Å². The van der Waals surface area contributed by atoms with Crippen LogP contribution < -0.4 is 0 Å². The fourth-order valence-electron chi connectivity index (χ4n) is 7.90. The minimum atomic E-state index is 0.922. The highest BCUT2D eigenvalue weighted by atomic mass is 14.3. The lowest BCUT2D eigenvalue weighted by molar-refractivity contribution is 0.195. The van der Waals surface area contributed by atoms with Crippen LogP contribution in [0.3, 0.4) is 0 Å². The Morgan fingerprint density at radius 2 is 0.697 bits per heavy atom. The fourth-order valence-corrected chi connectivity index (χ4v) is 7.90. The van der Waals surface area contributed by atoms with Crippen LogP contribution in [0.25, 0.3) is 0 Å². The topological polar surface area (TPSA) is 0 Å². The lowest BCUT2D eigenvalue weighted by atomic mass is 9.72. The van der Waals surface area contributed by atoms with Crippen LogP contribution in [0.1, 0.15) is 131 Å². The summed E-state index contributed by atoms with van der Waals surface area (Å²) < 4.78 is 0. The van der Waals surface area contributed by atoms with Gasteiger partial charge in [0.25, 0.3) is 0 Å². The molecule has 0 unspecified atom stereocenters. The molecule has 0 N–H and O–H groups in total. The van der Waals surface area contributed by atoms with E-state index in [0.29, 0.717) is 0 Å². The summed E-state index contributed by atoms with van der Waals surface area (Å²) in [6.07, 6.45) is 22.0. The van der Waals surface area contributed by atoms with Gasteiger partial charge in [0.05, 0.1) is 0 Å². The van der Waals surface area contributed by atoms with E-state index in [9.17, 15) is 0 Å². The van der Waals surface area contributed by atoms with E-state index in [4.69, 9.17) is 0 Å². The summed E-state index contributed by atoms with van der Waals surface area (Å²) in [7, 11) is 0. The molecule has 1 aromatic carbocycles. The van der Waals surface area contributed by atoms with Gasteiger partial charge in [-0.15, -0.1) is 0 Å². The third kappa shape index (κ3) is 6.27. The van der Waals surface area contributed by atoms with E-state index >= 15 is 0 Å². The summed E-state index contributed by atoms with van der Waals surface area (Å²) in [5.41, 5.74) is 9.96. The molecule has 0 bridgehead atoms. The molecule has 0 aromatic heterocycles. The van der Waals surface area contributed by atoms with E-state index in [2.05, 4.69) is 41.5 Å². The first-order chi connectivity index (χ1) is 15.8. The summed E-state index contributed by atoms with van der Waals surface area (Å²) in [5, 5.41) is 0. The standard InChI is InChI=1S/C33H54/c1-22-7-11-28(12-8-22)19-29-15-17-31(18-16-29)21-33-26(5)24(3)32(25(4)27(33)6)20-30-13-9-23(2)10-14-30/h22-23,28-31H,7-21H2,1-6H3. The largest absolute Gasteiger partial charge is 0.0625 e. The molecule has 3 saturated carbocycles. The van der Waals surface area contributed by atoms with Gasteiger partial charge in [0.1, 0.15) is 0 Å². The van der Waals surface area contributed by atoms with Gasteiger partial charge in [-0.3, -0.25) is 0 Å². The molecule has 3 aliphatic carbocycles. The van der Waals surface area contributed by atoms with Crippen molar-refractivity contribution in [2.24, 2.45) is 35.5 Å². The molecule has 3 fully saturated rings. The SMILES string of the molecule is Cc1c(C)c(CC2CCC(CC3CCC(C)CC3)CC2)c(C)c(C)c1CC1CCC(C)CC1. The first-order valence-electron chi connectivity index (χ1n) is 14.9. The van der Waals surface area contributed by atoms with Gasteiger partial charge in [0, 0.05) is 0 Å². The van der Waals surface area contributed by atoms with Crippen LogP contribution in [-0.2, 0) is 12.8 Å². The van der Waals surface area contributed by atoms with Gasteiger partial charge in [-0.25, -0.2) is 0 Å². The maximum Gasteiger partial charge on any atom is -0.0245 e. The van der Waals surface area contributed by atoms with Crippen LogP contribution in [0.5, 0.6) is 0 Å². The number of benzene rings is 1. The van der Waals surface area contributed by atoms with Gasteiger partial charge in [-0.2, -0.15) is 0 Å². The Kier molecular flexibility index (Phi) is 8.67. The molecule has 0 amide bonds. The van der Waals surface area contributed by atoms with E-state index < -0.39 is 0 Å². The number of hydrogen-bond acceptors (Lipinski definition) is 0. The summed E-state index contributed by atoms with van der Waals surface area (Å²) in [4.78, 5) is 0. The van der Waals surface area contributed by atoms with Crippen molar-refractivity contribution in [2.45, 2.75) is 138 Å². The molecule has 0 saturated heterocycles. The molecule has 0 heterocycles. The molecule has 0 spiro atoms. The van der Waals surface area contributed by atoms with E-state index in [-0.39, 0.29) is 0 Å². The quantitative estimate of drug-likeness (QED) is 0.404. The van der Waals surface area contributed by atoms with Gasteiger partial charge in [0.2, 0.25) is 0 Å². The highest BCUT2D eigenvalue weighted by Gasteiger charge is 2.28. The third-order valence-electron chi connectivity index (χ3n) is 10.8. The van der Waals surface area contributed by atoms with Crippen molar-refractivity contribution in [3.05, 3.63) is 33.4 Å². The monoisotopic (exact) mass is 450 g/mol. The molecule has 0 heteroatoms. The Labute approximate surface area is 206 Å². The second-order valence-electron chi connectivity index (χ2n) is 13.2. The first kappa shape index (κ1) is 25.3. The Bertz CT molecular complexity index is 733. The summed E-state index contributed by atoms with van der Waals surface area (Å²) in [5.74, 6) is 5.88. The second-order valence-corrected chi connectivity index (χ2v) is 13.2. The van der Waals surface area contributed by atoms with Gasteiger partial charge in [-0.05, 0) is 142 Å². The van der Waals surface area contributed by atoms with Crippen LogP contribution in [0.15, 0.2) is 0 Å². The van der Waals surface area contributed by atoms with Crippen LogP contribution in [-0.4, -0.2) is 0 Å². The van der Waals surface area contributed by atoms with Crippen molar-refractivity contribution in [1.82, 2.24) is 0 Å². The van der Waals surface area contributed by atoms with Crippen LogP contribution >= 0.6 is 0 Å². The smallest absolute Gasteiger partial charge is 0.0245 e. The van der Waals surface area contributed by atoms with Gasteiger partial charge in [-0.1, -0.05) is 65.2 Å². The van der Waals surface area contributed by atoms with Crippen molar-refractivity contribution in [3.8, 4) is 0 Å². The van der Waals surface area contributed by atoms with Gasteiger partial charge in [0.15, 0.2) is 0 Å². The Balaban J connectivity index is 1.34. The van der Waals surface area contributed by atoms with Crippen LogP contribution in [0.4, 0.5) is 0 Å². The van der Waals surface area contributed by atoms with Gasteiger partial charge < -0.3 is 0 Å². The predicted molar refractivity (Wildman–Crippen MR) is 145 cm³/mol. The molecule has 0 nitrogen and oxygen atoms in total. The predicted octanol–water partition coefficient (Wildman–Crippen LogP) is 9.85. The van der Waals surface area contributed by atoms with Crippen molar-refractivity contribution >= 4 is 0 Å². The Morgan fingerprint density at radius 1 is 0.424 bits per heavy atom. The Morgan fingerprint density at radius 3 is 1.06 bits per heavy atom. The zero-order valence-electron chi connectivity index (χ0n) is 23.1. The fraction of sp³-hybridized carbons (Fsp3) is 0.818. The minimum Gasteiger partial charge on any atom is -0.0625 e. The number of rotatable bonds is 6. The summed E-state index contributed by atoms with van der Waals surface area (Å²) in [6.45, 7) is 14.7. The van der Waals surface area contributed by atoms with E-state index in [1.54, 1.807) is 39.8 Å². The average Bonchev–Trinajstić information content (AvgIpc) is 2.82. The first-order valence-corrected chi connectivity index (χ1v) is 14.9. The van der Waals surface area contributed by atoms with Gasteiger partial charge >= 0.3 is 0 Å². The lowest BCUT2D eigenvalue weighted by Crippen LogP contribution is -2.22. The average molecular weight is 451 g/mol. The molecule has 0 aliphatic heterocycles. The van der Waals surface area contributed by atoms with E-state index in [1.165, 1.54) is 89.9 Å². The van der Waals surface area contributed by atoms with E-state index in [1.807, 2.05) is 0 Å². The second kappa shape index (κ2) is 11.3. The molecular weight excluding hydrogens is 396 g/mol. The Hall–Kier alpha value is -0.780. The zero-order valence-corrected chi connectivity index (χ0v) is 23.1. The molecule has 0 atom stereocenters. The molecule has 4 rings (SSSR count). The lowest BCUT2D eigenvalue weighted by Gasteiger charge is -2.34. The maximum atomic E-state index is 2.46. The molecule has 33 heavy (non-hydrogen) atoms. The normalized spacial score (nSPS) is 33.3. The molecule has 1 aromatic rings. The van der Waals surface area contributed by atoms with Crippen LogP contribution in [0.2, 0.25) is 0 Å². The maximum absolute atomic E-state index is 2.46. The molecular formula is C33H54. The highest BCUT2D eigenvalue weighted by Crippen LogP contribution is 2.40. The number of hydrogen-bond donors (Lipinski definition) is 0. The third-order valence-corrected chi connectivity index (χ3v) is 10.8. The molecule has 186 valence electrons. The van der Waals surface area contributed by atoms with Crippen molar-refractivity contribution in [3.63, 3.8) is 0 Å². The summed E-state index contributed by atoms with van der Waals surface area (Å²) in [6, 6.07) is 0. The molecule has 3 aliphatic rings. The van der Waals surface area contributed by atoms with Crippen molar-refractivity contribution < 1.29 is 0 Å². The minimum absolute atomic E-state index is 0.922. The zero-order chi connectivity index (χ0) is 23.5.